The molecule has 7 nitrogen and oxygen atoms in total. The summed E-state index contributed by atoms with van der Waals surface area (Å²) in [6.45, 7) is 7.30. The van der Waals surface area contributed by atoms with Gasteiger partial charge in [-0.1, -0.05) is 12.2 Å². The molecule has 1 rings (SSSR count). The maximum Gasteiger partial charge on any atom is 0.337 e. The third kappa shape index (κ3) is 6.34. The average Bonchev–Trinajstić information content (AvgIpc) is 2.60. The summed E-state index contributed by atoms with van der Waals surface area (Å²) in [5.41, 5.74) is 1.56. The zero-order valence-electron chi connectivity index (χ0n) is 15.4. The smallest absolute Gasteiger partial charge is 0.337 e. The van der Waals surface area contributed by atoms with E-state index < -0.39 is 12.1 Å². The summed E-state index contributed by atoms with van der Waals surface area (Å²) in [6, 6.07) is 4.53. The van der Waals surface area contributed by atoms with Crippen molar-refractivity contribution in [3.05, 3.63) is 47.6 Å². The van der Waals surface area contributed by atoms with Gasteiger partial charge in [0.15, 0.2) is 17.3 Å². The lowest BCUT2D eigenvalue weighted by molar-refractivity contribution is -0.273. The SMILES string of the molecule is C=C(CC(=O)C=C(C)C)C(COc1ccc(C(=O)OC)cc1OC)OO. The van der Waals surface area contributed by atoms with Gasteiger partial charge in [0.1, 0.15) is 12.7 Å². The maximum absolute atomic E-state index is 11.8. The third-order valence-electron chi connectivity index (χ3n) is 3.41. The molecule has 0 aliphatic rings. The number of hydrogen-bond acceptors (Lipinski definition) is 7. The fourth-order valence-corrected chi connectivity index (χ4v) is 2.13. The van der Waals surface area contributed by atoms with Crippen molar-refractivity contribution in [2.75, 3.05) is 20.8 Å². The molecule has 0 aromatic heterocycles. The predicted molar refractivity (Wildman–Crippen MR) is 95.5 cm³/mol. The van der Waals surface area contributed by atoms with E-state index in [-0.39, 0.29) is 18.8 Å². The van der Waals surface area contributed by atoms with E-state index in [4.69, 9.17) is 14.7 Å². The molecule has 0 aliphatic heterocycles. The van der Waals surface area contributed by atoms with Crippen molar-refractivity contribution in [1.82, 2.24) is 0 Å². The Balaban J connectivity index is 2.79. The first-order valence-corrected chi connectivity index (χ1v) is 7.87. The van der Waals surface area contributed by atoms with Gasteiger partial charge in [0, 0.05) is 6.42 Å². The summed E-state index contributed by atoms with van der Waals surface area (Å²) in [7, 11) is 2.71. The van der Waals surface area contributed by atoms with Gasteiger partial charge in [0.25, 0.3) is 0 Å². The summed E-state index contributed by atoms with van der Waals surface area (Å²) in [6.07, 6.45) is 0.627. The summed E-state index contributed by atoms with van der Waals surface area (Å²) in [5.74, 6) is 0.0103. The Bertz CT molecular complexity index is 687. The molecular weight excluding hydrogens is 340 g/mol. The molecule has 0 aliphatic carbocycles. The van der Waals surface area contributed by atoms with Crippen molar-refractivity contribution in [2.45, 2.75) is 26.4 Å². The number of benzene rings is 1. The lowest BCUT2D eigenvalue weighted by Crippen LogP contribution is -2.24. The minimum absolute atomic E-state index is 0.0260. The van der Waals surface area contributed by atoms with Gasteiger partial charge in [-0.3, -0.25) is 10.1 Å². The molecule has 1 unspecified atom stereocenters. The Morgan fingerprint density at radius 3 is 2.46 bits per heavy atom. The van der Waals surface area contributed by atoms with E-state index in [2.05, 4.69) is 16.2 Å². The van der Waals surface area contributed by atoms with Crippen molar-refractivity contribution in [2.24, 2.45) is 0 Å². The van der Waals surface area contributed by atoms with Crippen LogP contribution in [0.1, 0.15) is 30.6 Å². The van der Waals surface area contributed by atoms with Gasteiger partial charge in [-0.15, -0.1) is 0 Å². The summed E-state index contributed by atoms with van der Waals surface area (Å²) < 4.78 is 15.4. The predicted octanol–water partition coefficient (Wildman–Crippen LogP) is 3.20. The van der Waals surface area contributed by atoms with Gasteiger partial charge < -0.3 is 14.2 Å². The molecule has 7 heteroatoms. The second kappa shape index (κ2) is 10.4. The van der Waals surface area contributed by atoms with Crippen molar-refractivity contribution in [1.29, 1.82) is 0 Å². The van der Waals surface area contributed by atoms with Crippen LogP contribution in [0.2, 0.25) is 0 Å². The monoisotopic (exact) mass is 364 g/mol. The minimum Gasteiger partial charge on any atom is -0.493 e. The highest BCUT2D eigenvalue weighted by Crippen LogP contribution is 2.29. The van der Waals surface area contributed by atoms with E-state index >= 15 is 0 Å². The number of esters is 1. The Labute approximate surface area is 152 Å². The fraction of sp³-hybridized carbons (Fsp3) is 0.368. The maximum atomic E-state index is 11.8. The van der Waals surface area contributed by atoms with Crippen LogP contribution in [0.25, 0.3) is 0 Å². The van der Waals surface area contributed by atoms with Crippen molar-refractivity contribution >= 4 is 11.8 Å². The van der Waals surface area contributed by atoms with Crippen LogP contribution in [0.5, 0.6) is 11.5 Å². The number of carbonyl (C=O) groups is 2. The molecule has 0 radical (unpaired) electrons. The van der Waals surface area contributed by atoms with E-state index in [0.29, 0.717) is 22.6 Å². The van der Waals surface area contributed by atoms with Crippen LogP contribution in [-0.2, 0) is 14.4 Å². The van der Waals surface area contributed by atoms with Gasteiger partial charge in [-0.25, -0.2) is 9.68 Å². The highest BCUT2D eigenvalue weighted by molar-refractivity contribution is 5.92. The van der Waals surface area contributed by atoms with E-state index in [1.165, 1.54) is 38.5 Å². The summed E-state index contributed by atoms with van der Waals surface area (Å²) in [4.78, 5) is 27.7. The van der Waals surface area contributed by atoms with Crippen LogP contribution >= 0.6 is 0 Å². The van der Waals surface area contributed by atoms with E-state index in [1.54, 1.807) is 0 Å². The molecule has 0 amide bonds. The number of hydrogen-bond donors (Lipinski definition) is 1. The number of carbonyl (C=O) groups excluding carboxylic acids is 2. The van der Waals surface area contributed by atoms with Crippen molar-refractivity contribution in [3.8, 4) is 11.5 Å². The quantitative estimate of drug-likeness (QED) is 0.224. The van der Waals surface area contributed by atoms with Crippen LogP contribution in [0.4, 0.5) is 0 Å². The molecule has 0 bridgehead atoms. The Morgan fingerprint density at radius 1 is 1.23 bits per heavy atom. The highest BCUT2D eigenvalue weighted by atomic mass is 17.1. The molecule has 1 N–H and O–H groups in total. The van der Waals surface area contributed by atoms with Gasteiger partial charge in [0.05, 0.1) is 19.8 Å². The molecule has 1 aromatic rings. The lowest BCUT2D eigenvalue weighted by Gasteiger charge is -2.18. The van der Waals surface area contributed by atoms with Crippen molar-refractivity contribution < 1.29 is 33.9 Å². The first-order valence-electron chi connectivity index (χ1n) is 7.87. The largest absolute Gasteiger partial charge is 0.493 e. The molecule has 1 atom stereocenters. The lowest BCUT2D eigenvalue weighted by atomic mass is 10.0. The standard InChI is InChI=1S/C19H24O7/c1-12(2)8-15(20)9-13(3)18(26-22)11-25-16-7-6-14(19(21)24-5)10-17(16)23-4/h6-8,10,18,22H,3,9,11H2,1-2,4-5H3. The first-order chi connectivity index (χ1) is 12.3. The summed E-state index contributed by atoms with van der Waals surface area (Å²) >= 11 is 0. The van der Waals surface area contributed by atoms with E-state index in [1.807, 2.05) is 13.8 Å². The van der Waals surface area contributed by atoms with Gasteiger partial charge >= 0.3 is 5.97 Å². The van der Waals surface area contributed by atoms with Crippen LogP contribution in [0.15, 0.2) is 42.0 Å². The number of rotatable bonds is 10. The van der Waals surface area contributed by atoms with Crippen LogP contribution in [0, 0.1) is 0 Å². The Kier molecular flexibility index (Phi) is 8.54. The van der Waals surface area contributed by atoms with Gasteiger partial charge in [-0.05, 0) is 43.7 Å². The van der Waals surface area contributed by atoms with Gasteiger partial charge in [0.2, 0.25) is 0 Å². The number of ketones is 1. The van der Waals surface area contributed by atoms with E-state index in [9.17, 15) is 9.59 Å². The molecule has 0 spiro atoms. The Morgan fingerprint density at radius 2 is 1.92 bits per heavy atom. The number of ether oxygens (including phenoxy) is 3. The Hall–Kier alpha value is -2.64. The molecule has 0 saturated heterocycles. The first kappa shape index (κ1) is 21.4. The zero-order chi connectivity index (χ0) is 19.7. The second-order valence-electron chi connectivity index (χ2n) is 5.79. The van der Waals surface area contributed by atoms with Gasteiger partial charge in [-0.2, -0.15) is 0 Å². The fourth-order valence-electron chi connectivity index (χ4n) is 2.13. The highest BCUT2D eigenvalue weighted by Gasteiger charge is 2.18. The molecule has 26 heavy (non-hydrogen) atoms. The molecule has 0 heterocycles. The van der Waals surface area contributed by atoms with Crippen molar-refractivity contribution in [3.63, 3.8) is 0 Å². The molecule has 1 aromatic carbocycles. The molecule has 0 fully saturated rings. The topological polar surface area (TPSA) is 91.3 Å². The van der Waals surface area contributed by atoms with Crippen LogP contribution < -0.4 is 9.47 Å². The number of methoxy groups -OCH3 is 2. The minimum atomic E-state index is -0.894. The van der Waals surface area contributed by atoms with Crippen LogP contribution in [-0.4, -0.2) is 43.9 Å². The average molecular weight is 364 g/mol. The molecular formula is C19H24O7. The number of allylic oxidation sites excluding steroid dienone is 2. The molecule has 142 valence electrons. The third-order valence-corrected chi connectivity index (χ3v) is 3.41. The molecule has 0 saturated carbocycles. The van der Waals surface area contributed by atoms with E-state index in [0.717, 1.165) is 5.57 Å². The second-order valence-corrected chi connectivity index (χ2v) is 5.79. The zero-order valence-corrected chi connectivity index (χ0v) is 15.4. The van der Waals surface area contributed by atoms with Crippen LogP contribution in [0.3, 0.4) is 0 Å². The summed E-state index contributed by atoms with van der Waals surface area (Å²) in [5, 5.41) is 9.08. The normalized spacial score (nSPS) is 11.3.